The molecule has 0 aromatic heterocycles. The number of halogens is 2. The molecule has 0 fully saturated rings. The van der Waals surface area contributed by atoms with Crippen molar-refractivity contribution >= 4 is 28.9 Å². The molecule has 0 radical (unpaired) electrons. The van der Waals surface area contributed by atoms with Crippen LogP contribution in [-0.2, 0) is 5.60 Å². The van der Waals surface area contributed by atoms with Gasteiger partial charge in [0.25, 0.3) is 0 Å². The van der Waals surface area contributed by atoms with Gasteiger partial charge in [-0.3, -0.25) is 0 Å². The number of nitrogens with zero attached hydrogens (tertiary/aromatic N) is 1. The van der Waals surface area contributed by atoms with Crippen LogP contribution in [0, 0.1) is 0 Å². The van der Waals surface area contributed by atoms with Crippen molar-refractivity contribution in [1.82, 2.24) is 0 Å². The van der Waals surface area contributed by atoms with Crippen LogP contribution in [0.3, 0.4) is 0 Å². The smallest absolute Gasteiger partial charge is 0.105 e. The molecule has 1 atom stereocenters. The topological polar surface area (TPSA) is 49.5 Å². The Kier molecular flexibility index (Phi) is 3.55. The van der Waals surface area contributed by atoms with Crippen LogP contribution in [-0.4, -0.2) is 25.2 Å². The number of hydrogen-bond acceptors (Lipinski definition) is 3. The van der Waals surface area contributed by atoms with Crippen molar-refractivity contribution in [3.05, 3.63) is 27.7 Å². The van der Waals surface area contributed by atoms with Crippen molar-refractivity contribution in [3.63, 3.8) is 0 Å². The van der Waals surface area contributed by atoms with Gasteiger partial charge in [-0.2, -0.15) is 0 Å². The highest BCUT2D eigenvalue weighted by Crippen LogP contribution is 2.44. The Hall–Kier alpha value is -0.480. The van der Waals surface area contributed by atoms with Gasteiger partial charge in [0.2, 0.25) is 0 Å². The van der Waals surface area contributed by atoms with E-state index in [9.17, 15) is 5.11 Å². The maximum atomic E-state index is 10.6. The van der Waals surface area contributed by atoms with Crippen LogP contribution in [0.1, 0.15) is 18.4 Å². The van der Waals surface area contributed by atoms with Crippen LogP contribution in [0.15, 0.2) is 12.1 Å². The molecular formula is C12H16Cl2N2O. The third kappa shape index (κ3) is 2.13. The van der Waals surface area contributed by atoms with Gasteiger partial charge >= 0.3 is 0 Å². The minimum absolute atomic E-state index is 0.147. The zero-order valence-electron chi connectivity index (χ0n) is 9.71. The van der Waals surface area contributed by atoms with Crippen LogP contribution in [0.2, 0.25) is 10.0 Å². The Morgan fingerprint density at radius 3 is 2.71 bits per heavy atom. The average molecular weight is 275 g/mol. The first-order valence-electron chi connectivity index (χ1n) is 5.61. The summed E-state index contributed by atoms with van der Waals surface area (Å²) in [6, 6.07) is 3.46. The van der Waals surface area contributed by atoms with Crippen LogP contribution >= 0.6 is 23.2 Å². The average Bonchev–Trinajstić information content (AvgIpc) is 2.43. The van der Waals surface area contributed by atoms with Crippen molar-refractivity contribution in [1.29, 1.82) is 0 Å². The first kappa shape index (κ1) is 13.0. The van der Waals surface area contributed by atoms with Gasteiger partial charge in [-0.25, -0.2) is 0 Å². The molecule has 17 heavy (non-hydrogen) atoms. The highest BCUT2D eigenvalue weighted by molar-refractivity contribution is 6.36. The molecule has 3 nitrogen and oxygen atoms in total. The molecule has 1 heterocycles. The molecule has 3 N–H and O–H groups in total. The number of benzene rings is 1. The fourth-order valence-electron chi connectivity index (χ4n) is 2.41. The zero-order chi connectivity index (χ0) is 12.6. The lowest BCUT2D eigenvalue weighted by Gasteiger charge is -2.29. The number of aliphatic hydroxyl groups is 1. The molecule has 1 aliphatic heterocycles. The summed E-state index contributed by atoms with van der Waals surface area (Å²) in [4.78, 5) is 2.02. The minimum atomic E-state index is -1.08. The summed E-state index contributed by atoms with van der Waals surface area (Å²) in [6.07, 6.45) is 1.45. The van der Waals surface area contributed by atoms with E-state index in [0.29, 0.717) is 22.0 Å². The lowest BCUT2D eigenvalue weighted by Crippen LogP contribution is -2.35. The third-order valence-corrected chi connectivity index (χ3v) is 3.97. The van der Waals surface area contributed by atoms with Crippen molar-refractivity contribution in [3.8, 4) is 0 Å². The van der Waals surface area contributed by atoms with E-state index < -0.39 is 5.60 Å². The Morgan fingerprint density at radius 1 is 1.41 bits per heavy atom. The molecule has 1 aromatic rings. The summed E-state index contributed by atoms with van der Waals surface area (Å²) in [5.74, 6) is 0. The number of hydrogen-bond donors (Lipinski definition) is 2. The molecule has 0 saturated heterocycles. The fraction of sp³-hybridized carbons (Fsp3) is 0.500. The fourth-order valence-corrected chi connectivity index (χ4v) is 3.04. The molecule has 0 bridgehead atoms. The Bertz CT molecular complexity index is 439. The molecular weight excluding hydrogens is 259 g/mol. The normalized spacial score (nSPS) is 24.4. The van der Waals surface area contributed by atoms with Crippen LogP contribution in [0.25, 0.3) is 0 Å². The summed E-state index contributed by atoms with van der Waals surface area (Å²) in [7, 11) is 1.95. The van der Waals surface area contributed by atoms with E-state index in [4.69, 9.17) is 28.9 Å². The van der Waals surface area contributed by atoms with Crippen molar-refractivity contribution in [2.45, 2.75) is 18.4 Å². The van der Waals surface area contributed by atoms with E-state index in [0.717, 1.165) is 18.7 Å². The van der Waals surface area contributed by atoms with Gasteiger partial charge in [0.05, 0.1) is 10.7 Å². The van der Waals surface area contributed by atoms with Gasteiger partial charge in [0.1, 0.15) is 5.60 Å². The maximum absolute atomic E-state index is 10.6. The highest BCUT2D eigenvalue weighted by Gasteiger charge is 2.36. The van der Waals surface area contributed by atoms with Crippen molar-refractivity contribution in [2.24, 2.45) is 5.73 Å². The highest BCUT2D eigenvalue weighted by atomic mass is 35.5. The summed E-state index contributed by atoms with van der Waals surface area (Å²) >= 11 is 12.4. The molecule has 1 aromatic carbocycles. The van der Waals surface area contributed by atoms with Gasteiger partial charge in [-0.15, -0.1) is 0 Å². The van der Waals surface area contributed by atoms with E-state index in [1.54, 1.807) is 12.1 Å². The minimum Gasteiger partial charge on any atom is -0.384 e. The molecule has 1 aliphatic rings. The van der Waals surface area contributed by atoms with Gasteiger partial charge in [-0.1, -0.05) is 23.2 Å². The second-order valence-corrected chi connectivity index (χ2v) is 5.33. The van der Waals surface area contributed by atoms with E-state index >= 15 is 0 Å². The van der Waals surface area contributed by atoms with Gasteiger partial charge in [0.15, 0.2) is 0 Å². The van der Waals surface area contributed by atoms with E-state index in [1.807, 2.05) is 11.9 Å². The SMILES string of the molecule is CN1CCCC(O)(CN)c2c(Cl)ccc(Cl)c21. The third-order valence-electron chi connectivity index (χ3n) is 3.35. The van der Waals surface area contributed by atoms with E-state index in [2.05, 4.69) is 0 Å². The first-order chi connectivity index (χ1) is 7.99. The second kappa shape index (κ2) is 4.65. The van der Waals surface area contributed by atoms with Crippen LogP contribution in [0.5, 0.6) is 0 Å². The number of anilines is 1. The number of rotatable bonds is 1. The van der Waals surface area contributed by atoms with Crippen LogP contribution < -0.4 is 10.6 Å². The molecule has 2 rings (SSSR count). The Balaban J connectivity index is 2.71. The molecule has 94 valence electrons. The molecule has 1 unspecified atom stereocenters. The number of nitrogens with two attached hydrogens (primary N) is 1. The second-order valence-electron chi connectivity index (χ2n) is 4.51. The Morgan fingerprint density at radius 2 is 2.06 bits per heavy atom. The molecule has 0 spiro atoms. The first-order valence-corrected chi connectivity index (χ1v) is 6.37. The lowest BCUT2D eigenvalue weighted by molar-refractivity contribution is 0.0380. The van der Waals surface area contributed by atoms with E-state index in [-0.39, 0.29) is 6.54 Å². The number of fused-ring (bicyclic) bond motifs is 1. The summed E-state index contributed by atoms with van der Waals surface area (Å²) in [5.41, 5.74) is 6.09. The Labute approximate surface area is 111 Å². The molecule has 5 heteroatoms. The monoisotopic (exact) mass is 274 g/mol. The predicted molar refractivity (Wildman–Crippen MR) is 71.9 cm³/mol. The predicted octanol–water partition coefficient (Wildman–Crippen LogP) is 2.37. The summed E-state index contributed by atoms with van der Waals surface area (Å²) in [6.45, 7) is 0.975. The van der Waals surface area contributed by atoms with Crippen LogP contribution in [0.4, 0.5) is 5.69 Å². The van der Waals surface area contributed by atoms with Gasteiger partial charge in [0, 0.05) is 30.7 Å². The summed E-state index contributed by atoms with van der Waals surface area (Å²) in [5, 5.41) is 11.8. The van der Waals surface area contributed by atoms with Crippen molar-refractivity contribution < 1.29 is 5.11 Å². The van der Waals surface area contributed by atoms with Gasteiger partial charge < -0.3 is 15.7 Å². The quantitative estimate of drug-likeness (QED) is 0.827. The standard InChI is InChI=1S/C12H16Cl2N2O/c1-16-6-2-5-12(17,7-15)10-8(13)3-4-9(14)11(10)16/h3-4,17H,2,5-7,15H2,1H3. The molecule has 0 aliphatic carbocycles. The largest absolute Gasteiger partial charge is 0.384 e. The van der Waals surface area contributed by atoms with Gasteiger partial charge in [-0.05, 0) is 25.0 Å². The zero-order valence-corrected chi connectivity index (χ0v) is 11.2. The molecule has 0 saturated carbocycles. The lowest BCUT2D eigenvalue weighted by atomic mass is 9.89. The van der Waals surface area contributed by atoms with E-state index in [1.165, 1.54) is 0 Å². The maximum Gasteiger partial charge on any atom is 0.105 e. The molecule has 0 amide bonds. The van der Waals surface area contributed by atoms with Crippen molar-refractivity contribution in [2.75, 3.05) is 25.0 Å². The summed E-state index contributed by atoms with van der Waals surface area (Å²) < 4.78 is 0.